The van der Waals surface area contributed by atoms with Gasteiger partial charge in [-0.3, -0.25) is 4.79 Å². The maximum atomic E-state index is 11.8. The van der Waals surface area contributed by atoms with Crippen LogP contribution in [-0.4, -0.2) is 10.8 Å². The summed E-state index contributed by atoms with van der Waals surface area (Å²) < 4.78 is 0. The van der Waals surface area contributed by atoms with E-state index in [0.717, 1.165) is 11.3 Å². The molecule has 1 heterocycles. The summed E-state index contributed by atoms with van der Waals surface area (Å²) in [4.78, 5) is 16.6. The molecule has 0 saturated heterocycles. The molecule has 2 aromatic rings. The second-order valence-electron chi connectivity index (χ2n) is 3.52. The Hall–Kier alpha value is -1.45. The third-order valence-corrected chi connectivity index (χ3v) is 3.42. The lowest BCUT2D eigenvalue weighted by molar-refractivity contribution is 0.105. The number of allylic oxidation sites excluding steroid dienone is 1. The number of aryl methyl sites for hydroxylation is 1. The van der Waals surface area contributed by atoms with Crippen molar-refractivity contribution in [2.45, 2.75) is 6.92 Å². The van der Waals surface area contributed by atoms with Crippen LogP contribution in [-0.2, 0) is 0 Å². The summed E-state index contributed by atoms with van der Waals surface area (Å²) in [5.74, 6) is -0.0232. The molecule has 0 bridgehead atoms. The van der Waals surface area contributed by atoms with Gasteiger partial charge in [-0.1, -0.05) is 29.8 Å². The van der Waals surface area contributed by atoms with E-state index in [1.165, 1.54) is 11.3 Å². The normalized spacial score (nSPS) is 10.9. The topological polar surface area (TPSA) is 30.0 Å². The number of benzene rings is 1. The number of carbonyl (C=O) groups excluding carboxylic acids is 1. The van der Waals surface area contributed by atoms with Gasteiger partial charge in [-0.2, -0.15) is 0 Å². The monoisotopic (exact) mass is 263 g/mol. The molecule has 0 spiro atoms. The molecule has 86 valence electrons. The van der Waals surface area contributed by atoms with Crippen LogP contribution in [0.25, 0.3) is 6.08 Å². The lowest BCUT2D eigenvalue weighted by atomic mass is 10.2. The van der Waals surface area contributed by atoms with Gasteiger partial charge in [0.1, 0.15) is 0 Å². The van der Waals surface area contributed by atoms with E-state index in [1.54, 1.807) is 23.7 Å². The van der Waals surface area contributed by atoms with E-state index in [-0.39, 0.29) is 5.78 Å². The van der Waals surface area contributed by atoms with Gasteiger partial charge in [-0.25, -0.2) is 4.98 Å². The molecule has 0 aliphatic carbocycles. The average molecular weight is 264 g/mol. The summed E-state index contributed by atoms with van der Waals surface area (Å²) in [6.45, 7) is 1.83. The Labute approximate surface area is 109 Å². The molecule has 1 aromatic heterocycles. The van der Waals surface area contributed by atoms with Crippen LogP contribution in [0.15, 0.2) is 35.9 Å². The molecule has 17 heavy (non-hydrogen) atoms. The lowest BCUT2D eigenvalue weighted by Crippen LogP contribution is -1.93. The van der Waals surface area contributed by atoms with Crippen LogP contribution in [0.2, 0.25) is 5.02 Å². The second-order valence-corrected chi connectivity index (χ2v) is 4.81. The van der Waals surface area contributed by atoms with Crippen LogP contribution in [0.5, 0.6) is 0 Å². The van der Waals surface area contributed by atoms with E-state index in [9.17, 15) is 4.79 Å². The molecule has 4 heteroatoms. The number of hydrogen-bond acceptors (Lipinski definition) is 3. The Morgan fingerprint density at radius 3 is 2.94 bits per heavy atom. The predicted molar refractivity (Wildman–Crippen MR) is 71.7 cm³/mol. The zero-order valence-corrected chi connectivity index (χ0v) is 10.8. The number of carbonyl (C=O) groups is 1. The number of rotatable bonds is 3. The quantitative estimate of drug-likeness (QED) is 0.619. The predicted octanol–water partition coefficient (Wildman–Crippen LogP) is 4.00. The molecule has 0 saturated carbocycles. The van der Waals surface area contributed by atoms with Gasteiger partial charge in [0.15, 0.2) is 5.78 Å². The molecule has 0 radical (unpaired) electrons. The molecule has 0 unspecified atom stereocenters. The molecule has 2 rings (SSSR count). The van der Waals surface area contributed by atoms with Crippen molar-refractivity contribution >= 4 is 34.8 Å². The van der Waals surface area contributed by atoms with Gasteiger partial charge in [0.25, 0.3) is 0 Å². The largest absolute Gasteiger partial charge is 0.288 e. The molecule has 0 aliphatic heterocycles. The fourth-order valence-corrected chi connectivity index (χ4v) is 2.32. The first kappa shape index (κ1) is 12.0. The van der Waals surface area contributed by atoms with Crippen LogP contribution in [0.3, 0.4) is 0 Å². The summed E-state index contributed by atoms with van der Waals surface area (Å²) >= 11 is 7.22. The highest BCUT2D eigenvalue weighted by Crippen LogP contribution is 2.15. The van der Waals surface area contributed by atoms with E-state index in [1.807, 2.05) is 25.1 Å². The van der Waals surface area contributed by atoms with Crippen LogP contribution >= 0.6 is 22.9 Å². The smallest absolute Gasteiger partial charge is 0.197 e. The third kappa shape index (κ3) is 3.02. The van der Waals surface area contributed by atoms with Gasteiger partial charge >= 0.3 is 0 Å². The van der Waals surface area contributed by atoms with Crippen molar-refractivity contribution in [2.24, 2.45) is 0 Å². The SMILES string of the molecule is Cc1ncsc1C(=O)/C=C/c1cccc(Cl)c1. The minimum atomic E-state index is -0.0232. The number of halogens is 1. The van der Waals surface area contributed by atoms with E-state index >= 15 is 0 Å². The average Bonchev–Trinajstić information content (AvgIpc) is 2.72. The fourth-order valence-electron chi connectivity index (χ4n) is 1.40. The number of hydrogen-bond donors (Lipinski definition) is 0. The van der Waals surface area contributed by atoms with Gasteiger partial charge < -0.3 is 0 Å². The van der Waals surface area contributed by atoms with Crippen LogP contribution in [0.4, 0.5) is 0 Å². The standard InChI is InChI=1S/C13H10ClNOS/c1-9-13(17-8-15-9)12(16)6-5-10-3-2-4-11(14)7-10/h2-8H,1H3/b6-5+. The first-order chi connectivity index (χ1) is 8.16. The highest BCUT2D eigenvalue weighted by Gasteiger charge is 2.07. The van der Waals surface area contributed by atoms with E-state index < -0.39 is 0 Å². The van der Waals surface area contributed by atoms with Crippen LogP contribution < -0.4 is 0 Å². The van der Waals surface area contributed by atoms with Crippen molar-refractivity contribution in [3.8, 4) is 0 Å². The molecular formula is C13H10ClNOS. The van der Waals surface area contributed by atoms with E-state index in [4.69, 9.17) is 11.6 Å². The van der Waals surface area contributed by atoms with Crippen molar-refractivity contribution < 1.29 is 4.79 Å². The minimum absolute atomic E-state index is 0.0232. The van der Waals surface area contributed by atoms with Gasteiger partial charge in [-0.05, 0) is 30.7 Å². The van der Waals surface area contributed by atoms with Crippen LogP contribution in [0.1, 0.15) is 20.9 Å². The fraction of sp³-hybridized carbons (Fsp3) is 0.0769. The zero-order chi connectivity index (χ0) is 12.3. The summed E-state index contributed by atoms with van der Waals surface area (Å²) in [6, 6.07) is 7.36. The molecule has 2 nitrogen and oxygen atoms in total. The molecular weight excluding hydrogens is 254 g/mol. The molecule has 0 fully saturated rings. The number of thiazole rings is 1. The van der Waals surface area contributed by atoms with Gasteiger partial charge in [0.2, 0.25) is 0 Å². The third-order valence-electron chi connectivity index (χ3n) is 2.25. The Balaban J connectivity index is 2.17. The van der Waals surface area contributed by atoms with E-state index in [0.29, 0.717) is 9.90 Å². The van der Waals surface area contributed by atoms with Gasteiger partial charge in [0, 0.05) is 5.02 Å². The van der Waals surface area contributed by atoms with Crippen LogP contribution in [0, 0.1) is 6.92 Å². The van der Waals surface area contributed by atoms with Crippen molar-refractivity contribution in [3.05, 3.63) is 57.0 Å². The Kier molecular flexibility index (Phi) is 3.71. The highest BCUT2D eigenvalue weighted by atomic mass is 35.5. The Morgan fingerprint density at radius 1 is 1.47 bits per heavy atom. The first-order valence-corrected chi connectivity index (χ1v) is 6.30. The number of aromatic nitrogens is 1. The molecule has 0 amide bonds. The summed E-state index contributed by atoms with van der Waals surface area (Å²) in [5.41, 5.74) is 3.36. The lowest BCUT2D eigenvalue weighted by Gasteiger charge is -1.94. The van der Waals surface area contributed by atoms with Crippen molar-refractivity contribution in [1.82, 2.24) is 4.98 Å². The summed E-state index contributed by atoms with van der Waals surface area (Å²) in [6.07, 6.45) is 3.31. The van der Waals surface area contributed by atoms with Gasteiger partial charge in [-0.15, -0.1) is 11.3 Å². The second kappa shape index (κ2) is 5.25. The summed E-state index contributed by atoms with van der Waals surface area (Å²) in [7, 11) is 0. The molecule has 0 N–H and O–H groups in total. The van der Waals surface area contributed by atoms with Crippen molar-refractivity contribution in [2.75, 3.05) is 0 Å². The van der Waals surface area contributed by atoms with Gasteiger partial charge in [0.05, 0.1) is 16.1 Å². The first-order valence-electron chi connectivity index (χ1n) is 5.05. The minimum Gasteiger partial charge on any atom is -0.288 e. The Bertz CT molecular complexity index is 574. The Morgan fingerprint density at radius 2 is 2.29 bits per heavy atom. The maximum absolute atomic E-state index is 11.8. The number of ketones is 1. The summed E-state index contributed by atoms with van der Waals surface area (Å²) in [5, 5.41) is 0.661. The maximum Gasteiger partial charge on any atom is 0.197 e. The van der Waals surface area contributed by atoms with Crippen molar-refractivity contribution in [1.29, 1.82) is 0 Å². The highest BCUT2D eigenvalue weighted by molar-refractivity contribution is 7.12. The number of nitrogens with zero attached hydrogens (tertiary/aromatic N) is 1. The molecule has 0 atom stereocenters. The van der Waals surface area contributed by atoms with Crippen molar-refractivity contribution in [3.63, 3.8) is 0 Å². The molecule has 1 aromatic carbocycles. The zero-order valence-electron chi connectivity index (χ0n) is 9.18. The molecule has 0 aliphatic rings. The van der Waals surface area contributed by atoms with E-state index in [2.05, 4.69) is 4.98 Å².